The summed E-state index contributed by atoms with van der Waals surface area (Å²) in [6, 6.07) is 2.18. The number of fused-ring (bicyclic) bond motifs is 2. The van der Waals surface area contributed by atoms with E-state index in [1.807, 2.05) is 18.7 Å². The van der Waals surface area contributed by atoms with Crippen LogP contribution in [-0.2, 0) is 13.5 Å². The highest BCUT2D eigenvalue weighted by molar-refractivity contribution is 5.16. The van der Waals surface area contributed by atoms with Crippen LogP contribution in [0.4, 0.5) is 0 Å². The van der Waals surface area contributed by atoms with Gasteiger partial charge in [-0.25, -0.2) is 0 Å². The van der Waals surface area contributed by atoms with E-state index in [-0.39, 0.29) is 5.54 Å². The first kappa shape index (κ1) is 10.3. The number of nitrogens with two attached hydrogens (primary N) is 1. The zero-order chi connectivity index (χ0) is 11.3. The Morgan fingerprint density at radius 3 is 2.88 bits per heavy atom. The third-order valence-electron chi connectivity index (χ3n) is 4.63. The van der Waals surface area contributed by atoms with Crippen LogP contribution in [0.3, 0.4) is 0 Å². The average molecular weight is 219 g/mol. The number of aryl methyl sites for hydroxylation is 2. The van der Waals surface area contributed by atoms with Crippen molar-refractivity contribution in [2.45, 2.75) is 44.6 Å². The molecule has 2 aliphatic carbocycles. The molecule has 3 heteroatoms. The predicted molar refractivity (Wildman–Crippen MR) is 64.0 cm³/mol. The van der Waals surface area contributed by atoms with Crippen LogP contribution in [0.15, 0.2) is 6.07 Å². The maximum atomic E-state index is 6.61. The highest BCUT2D eigenvalue weighted by Gasteiger charge is 2.48. The van der Waals surface area contributed by atoms with E-state index in [1.165, 1.54) is 31.4 Å². The number of rotatable bonds is 2. The summed E-state index contributed by atoms with van der Waals surface area (Å²) in [4.78, 5) is 0. The average Bonchev–Trinajstić information content (AvgIpc) is 2.82. The molecular weight excluding hydrogens is 198 g/mol. The Morgan fingerprint density at radius 2 is 2.38 bits per heavy atom. The molecule has 1 aromatic rings. The third kappa shape index (κ3) is 1.49. The third-order valence-corrected chi connectivity index (χ3v) is 4.63. The number of hydrogen-bond donors (Lipinski definition) is 1. The molecule has 0 aliphatic heterocycles. The zero-order valence-electron chi connectivity index (χ0n) is 10.2. The van der Waals surface area contributed by atoms with Crippen molar-refractivity contribution in [2.75, 3.05) is 0 Å². The molecule has 3 unspecified atom stereocenters. The molecule has 0 aromatic carbocycles. The Labute approximate surface area is 97.0 Å². The van der Waals surface area contributed by atoms with E-state index in [2.05, 4.69) is 11.2 Å². The van der Waals surface area contributed by atoms with Crippen LogP contribution in [0.25, 0.3) is 0 Å². The van der Waals surface area contributed by atoms with Crippen molar-refractivity contribution in [3.05, 3.63) is 17.5 Å². The van der Waals surface area contributed by atoms with Gasteiger partial charge in [-0.3, -0.25) is 4.68 Å². The van der Waals surface area contributed by atoms with Crippen LogP contribution in [0.1, 0.15) is 37.1 Å². The van der Waals surface area contributed by atoms with Gasteiger partial charge in [0.25, 0.3) is 0 Å². The normalized spacial score (nSPS) is 37.2. The summed E-state index contributed by atoms with van der Waals surface area (Å²) >= 11 is 0. The lowest BCUT2D eigenvalue weighted by molar-refractivity contribution is 0.265. The molecule has 0 saturated heterocycles. The van der Waals surface area contributed by atoms with Crippen LogP contribution in [0.5, 0.6) is 0 Å². The van der Waals surface area contributed by atoms with Gasteiger partial charge in [0, 0.05) is 24.7 Å². The summed E-state index contributed by atoms with van der Waals surface area (Å²) in [6.07, 6.45) is 6.35. The fourth-order valence-corrected chi connectivity index (χ4v) is 3.87. The smallest absolute Gasteiger partial charge is 0.0596 e. The summed E-state index contributed by atoms with van der Waals surface area (Å²) in [5.74, 6) is 1.66. The lowest BCUT2D eigenvalue weighted by Crippen LogP contribution is -2.47. The minimum absolute atomic E-state index is 0.0587. The molecule has 0 spiro atoms. The van der Waals surface area contributed by atoms with Crippen molar-refractivity contribution in [1.29, 1.82) is 0 Å². The number of nitrogens with zero attached hydrogens (tertiary/aromatic N) is 2. The van der Waals surface area contributed by atoms with E-state index >= 15 is 0 Å². The standard InChI is InChI=1S/C13H21N3/c1-9-5-12(16(2)15-9)8-13(14)7-10-3-4-11(13)6-10/h5,10-11H,3-4,6-8,14H2,1-2H3. The van der Waals surface area contributed by atoms with Gasteiger partial charge in [-0.2, -0.15) is 5.10 Å². The molecule has 0 amide bonds. The summed E-state index contributed by atoms with van der Waals surface area (Å²) in [5, 5.41) is 4.41. The second-order valence-corrected chi connectivity index (χ2v) is 5.89. The Bertz CT molecular complexity index is 409. The van der Waals surface area contributed by atoms with E-state index in [1.54, 1.807) is 0 Å². The fraction of sp³-hybridized carbons (Fsp3) is 0.769. The highest BCUT2D eigenvalue weighted by Crippen LogP contribution is 2.50. The SMILES string of the molecule is Cc1cc(CC2(N)CC3CCC2C3)n(C)n1. The molecular formula is C13H21N3. The quantitative estimate of drug-likeness (QED) is 0.824. The zero-order valence-corrected chi connectivity index (χ0v) is 10.2. The van der Waals surface area contributed by atoms with Gasteiger partial charge in [-0.05, 0) is 44.1 Å². The van der Waals surface area contributed by atoms with E-state index in [4.69, 9.17) is 5.73 Å². The lowest BCUT2D eigenvalue weighted by Gasteiger charge is -2.33. The van der Waals surface area contributed by atoms with Crippen LogP contribution >= 0.6 is 0 Å². The molecule has 2 bridgehead atoms. The molecule has 88 valence electrons. The number of aromatic nitrogens is 2. The molecule has 2 aliphatic rings. The lowest BCUT2D eigenvalue weighted by atomic mass is 9.78. The van der Waals surface area contributed by atoms with Crippen molar-refractivity contribution in [3.8, 4) is 0 Å². The Morgan fingerprint density at radius 1 is 1.56 bits per heavy atom. The minimum Gasteiger partial charge on any atom is -0.324 e. The first-order valence-corrected chi connectivity index (χ1v) is 6.35. The van der Waals surface area contributed by atoms with Crippen LogP contribution in [-0.4, -0.2) is 15.3 Å². The van der Waals surface area contributed by atoms with Crippen molar-refractivity contribution in [1.82, 2.24) is 9.78 Å². The maximum absolute atomic E-state index is 6.61. The van der Waals surface area contributed by atoms with Gasteiger partial charge < -0.3 is 5.73 Å². The van der Waals surface area contributed by atoms with Gasteiger partial charge in [0.1, 0.15) is 0 Å². The van der Waals surface area contributed by atoms with Gasteiger partial charge in [0.15, 0.2) is 0 Å². The largest absolute Gasteiger partial charge is 0.324 e. The maximum Gasteiger partial charge on any atom is 0.0596 e. The highest BCUT2D eigenvalue weighted by atomic mass is 15.3. The topological polar surface area (TPSA) is 43.8 Å². The Balaban J connectivity index is 1.82. The first-order valence-electron chi connectivity index (χ1n) is 6.35. The molecule has 2 N–H and O–H groups in total. The van der Waals surface area contributed by atoms with E-state index in [0.717, 1.165) is 24.0 Å². The van der Waals surface area contributed by atoms with Gasteiger partial charge in [0.05, 0.1) is 5.69 Å². The molecule has 3 atom stereocenters. The Kier molecular flexibility index (Phi) is 2.15. The molecule has 3 nitrogen and oxygen atoms in total. The number of hydrogen-bond acceptors (Lipinski definition) is 2. The van der Waals surface area contributed by atoms with E-state index < -0.39 is 0 Å². The van der Waals surface area contributed by atoms with Crippen LogP contribution in [0.2, 0.25) is 0 Å². The van der Waals surface area contributed by atoms with Crippen LogP contribution < -0.4 is 5.73 Å². The molecule has 1 heterocycles. The summed E-state index contributed by atoms with van der Waals surface area (Å²) in [5.41, 5.74) is 9.07. The molecule has 16 heavy (non-hydrogen) atoms. The fourth-order valence-electron chi connectivity index (χ4n) is 3.87. The molecule has 2 fully saturated rings. The van der Waals surface area contributed by atoms with E-state index in [0.29, 0.717) is 0 Å². The molecule has 3 rings (SSSR count). The monoisotopic (exact) mass is 219 g/mol. The van der Waals surface area contributed by atoms with Crippen molar-refractivity contribution < 1.29 is 0 Å². The van der Waals surface area contributed by atoms with Crippen LogP contribution in [0, 0.1) is 18.8 Å². The van der Waals surface area contributed by atoms with Gasteiger partial charge in [0.2, 0.25) is 0 Å². The second kappa shape index (κ2) is 3.33. The van der Waals surface area contributed by atoms with Crippen molar-refractivity contribution in [3.63, 3.8) is 0 Å². The van der Waals surface area contributed by atoms with Crippen molar-refractivity contribution in [2.24, 2.45) is 24.6 Å². The Hall–Kier alpha value is -0.830. The van der Waals surface area contributed by atoms with Crippen molar-refractivity contribution >= 4 is 0 Å². The molecule has 2 saturated carbocycles. The minimum atomic E-state index is 0.0587. The summed E-state index contributed by atoms with van der Waals surface area (Å²) in [6.45, 7) is 2.05. The predicted octanol–water partition coefficient (Wildman–Crippen LogP) is 1.79. The summed E-state index contributed by atoms with van der Waals surface area (Å²) < 4.78 is 2.00. The van der Waals surface area contributed by atoms with Gasteiger partial charge in [-0.15, -0.1) is 0 Å². The first-order chi connectivity index (χ1) is 7.57. The molecule has 0 radical (unpaired) electrons. The van der Waals surface area contributed by atoms with Gasteiger partial charge in [-0.1, -0.05) is 6.42 Å². The summed E-state index contributed by atoms with van der Waals surface area (Å²) in [7, 11) is 2.03. The van der Waals surface area contributed by atoms with Gasteiger partial charge >= 0.3 is 0 Å². The second-order valence-electron chi connectivity index (χ2n) is 5.89. The van der Waals surface area contributed by atoms with E-state index in [9.17, 15) is 0 Å². The molecule has 1 aromatic heterocycles.